The lowest BCUT2D eigenvalue weighted by Gasteiger charge is -2.06. The monoisotopic (exact) mass is 311 g/mol. The molecule has 5 heteroatoms. The summed E-state index contributed by atoms with van der Waals surface area (Å²) in [5, 5.41) is 4.10. The molecule has 2 aromatic carbocycles. The van der Waals surface area contributed by atoms with E-state index in [1.807, 2.05) is 18.2 Å². The Bertz CT molecular complexity index is 572. The molecular formula is C14H11Cl2NOS. The second-order valence-electron chi connectivity index (χ2n) is 3.77. The summed E-state index contributed by atoms with van der Waals surface area (Å²) in [5.74, 6) is 0.235. The van der Waals surface area contributed by atoms with Crippen molar-refractivity contribution in [3.05, 3.63) is 58.6 Å². The molecule has 0 fully saturated rings. The Labute approximate surface area is 126 Å². The molecule has 0 radical (unpaired) electrons. The number of carbonyl (C=O) groups is 1. The minimum Gasteiger partial charge on any atom is -0.325 e. The van der Waals surface area contributed by atoms with Crippen molar-refractivity contribution in [1.29, 1.82) is 0 Å². The van der Waals surface area contributed by atoms with Crippen molar-refractivity contribution in [2.75, 3.05) is 11.1 Å². The van der Waals surface area contributed by atoms with Gasteiger partial charge in [-0.25, -0.2) is 0 Å². The van der Waals surface area contributed by atoms with Crippen LogP contribution >= 0.6 is 35.0 Å². The van der Waals surface area contributed by atoms with E-state index < -0.39 is 0 Å². The lowest BCUT2D eigenvalue weighted by atomic mass is 10.3. The average Bonchev–Trinajstić information content (AvgIpc) is 2.40. The SMILES string of the molecule is O=C(CSc1ccccc1Cl)Nc1ccc(Cl)cc1. The molecule has 0 aliphatic carbocycles. The van der Waals surface area contributed by atoms with Crippen LogP contribution in [-0.2, 0) is 4.79 Å². The molecule has 0 atom stereocenters. The molecule has 1 amide bonds. The van der Waals surface area contributed by atoms with Crippen LogP contribution in [0.3, 0.4) is 0 Å². The van der Waals surface area contributed by atoms with Crippen LogP contribution in [-0.4, -0.2) is 11.7 Å². The van der Waals surface area contributed by atoms with E-state index in [1.165, 1.54) is 11.8 Å². The quantitative estimate of drug-likeness (QED) is 0.827. The van der Waals surface area contributed by atoms with Crippen LogP contribution in [0, 0.1) is 0 Å². The highest BCUT2D eigenvalue weighted by Gasteiger charge is 2.05. The first-order chi connectivity index (χ1) is 9.15. The van der Waals surface area contributed by atoms with Crippen molar-refractivity contribution in [2.24, 2.45) is 0 Å². The fourth-order valence-corrected chi connectivity index (χ4v) is 2.60. The van der Waals surface area contributed by atoms with Crippen molar-refractivity contribution < 1.29 is 4.79 Å². The van der Waals surface area contributed by atoms with Crippen molar-refractivity contribution in [1.82, 2.24) is 0 Å². The van der Waals surface area contributed by atoms with Gasteiger partial charge >= 0.3 is 0 Å². The van der Waals surface area contributed by atoms with Gasteiger partial charge in [-0.3, -0.25) is 4.79 Å². The van der Waals surface area contributed by atoms with Crippen molar-refractivity contribution in [3.63, 3.8) is 0 Å². The minimum absolute atomic E-state index is 0.0766. The highest BCUT2D eigenvalue weighted by Crippen LogP contribution is 2.26. The number of hydrogen-bond donors (Lipinski definition) is 1. The van der Waals surface area contributed by atoms with E-state index in [4.69, 9.17) is 23.2 Å². The van der Waals surface area contributed by atoms with Crippen LogP contribution < -0.4 is 5.32 Å². The van der Waals surface area contributed by atoms with E-state index in [1.54, 1.807) is 30.3 Å². The lowest BCUT2D eigenvalue weighted by molar-refractivity contribution is -0.113. The van der Waals surface area contributed by atoms with Crippen LogP contribution in [0.25, 0.3) is 0 Å². The van der Waals surface area contributed by atoms with Gasteiger partial charge in [0.25, 0.3) is 0 Å². The van der Waals surface area contributed by atoms with E-state index in [9.17, 15) is 4.79 Å². The second kappa shape index (κ2) is 6.85. The third-order valence-electron chi connectivity index (χ3n) is 2.32. The summed E-state index contributed by atoms with van der Waals surface area (Å²) < 4.78 is 0. The molecule has 0 heterocycles. The number of rotatable bonds is 4. The largest absolute Gasteiger partial charge is 0.325 e. The average molecular weight is 312 g/mol. The van der Waals surface area contributed by atoms with Gasteiger partial charge in [0.2, 0.25) is 5.91 Å². The molecule has 0 unspecified atom stereocenters. The zero-order valence-corrected chi connectivity index (χ0v) is 12.2. The maximum absolute atomic E-state index is 11.8. The predicted molar refractivity (Wildman–Crippen MR) is 82.3 cm³/mol. The zero-order chi connectivity index (χ0) is 13.7. The summed E-state index contributed by atoms with van der Waals surface area (Å²) in [6, 6.07) is 14.5. The summed E-state index contributed by atoms with van der Waals surface area (Å²) in [4.78, 5) is 12.7. The molecule has 98 valence electrons. The molecule has 0 aliphatic heterocycles. The third-order valence-corrected chi connectivity index (χ3v) is 4.09. The normalized spacial score (nSPS) is 10.2. The molecule has 19 heavy (non-hydrogen) atoms. The Morgan fingerprint density at radius 2 is 1.74 bits per heavy atom. The van der Waals surface area contributed by atoms with Crippen LogP contribution in [0.15, 0.2) is 53.4 Å². The Hall–Kier alpha value is -1.16. The third kappa shape index (κ3) is 4.46. The molecule has 2 rings (SSSR count). The first-order valence-corrected chi connectivity index (χ1v) is 7.32. The Balaban J connectivity index is 1.88. The van der Waals surface area contributed by atoms with Crippen molar-refractivity contribution >= 4 is 46.6 Å². The van der Waals surface area contributed by atoms with Gasteiger partial charge in [-0.15, -0.1) is 11.8 Å². The number of hydrogen-bond acceptors (Lipinski definition) is 2. The Morgan fingerprint density at radius 1 is 1.05 bits per heavy atom. The molecule has 0 aliphatic rings. The summed E-state index contributed by atoms with van der Waals surface area (Å²) in [6.45, 7) is 0. The van der Waals surface area contributed by atoms with E-state index >= 15 is 0 Å². The second-order valence-corrected chi connectivity index (χ2v) is 5.63. The smallest absolute Gasteiger partial charge is 0.234 e. The highest BCUT2D eigenvalue weighted by molar-refractivity contribution is 8.00. The number of anilines is 1. The molecule has 0 spiro atoms. The summed E-state index contributed by atoms with van der Waals surface area (Å²) in [6.07, 6.45) is 0. The van der Waals surface area contributed by atoms with Gasteiger partial charge in [0.1, 0.15) is 0 Å². The summed E-state index contributed by atoms with van der Waals surface area (Å²) in [7, 11) is 0. The van der Waals surface area contributed by atoms with Gasteiger partial charge in [0.15, 0.2) is 0 Å². The lowest BCUT2D eigenvalue weighted by Crippen LogP contribution is -2.13. The van der Waals surface area contributed by atoms with Gasteiger partial charge in [0, 0.05) is 15.6 Å². The van der Waals surface area contributed by atoms with E-state index in [0.29, 0.717) is 15.8 Å². The standard InChI is InChI=1S/C14H11Cl2NOS/c15-10-5-7-11(8-6-10)17-14(18)9-19-13-4-2-1-3-12(13)16/h1-8H,9H2,(H,17,18). The van der Waals surface area contributed by atoms with Gasteiger partial charge in [-0.2, -0.15) is 0 Å². The van der Waals surface area contributed by atoms with Gasteiger partial charge in [-0.05, 0) is 36.4 Å². The Kier molecular flexibility index (Phi) is 5.14. The predicted octanol–water partition coefficient (Wildman–Crippen LogP) is 4.72. The van der Waals surface area contributed by atoms with Crippen LogP contribution in [0.1, 0.15) is 0 Å². The maximum atomic E-state index is 11.8. The fraction of sp³-hybridized carbons (Fsp3) is 0.0714. The first-order valence-electron chi connectivity index (χ1n) is 5.58. The van der Waals surface area contributed by atoms with Crippen LogP contribution in [0.2, 0.25) is 10.0 Å². The van der Waals surface area contributed by atoms with Crippen molar-refractivity contribution in [3.8, 4) is 0 Å². The molecule has 2 aromatic rings. The molecule has 0 bridgehead atoms. The summed E-state index contributed by atoms with van der Waals surface area (Å²) in [5.41, 5.74) is 0.731. The zero-order valence-electron chi connectivity index (χ0n) is 9.90. The fourth-order valence-electron chi connectivity index (χ4n) is 1.44. The van der Waals surface area contributed by atoms with E-state index in [0.717, 1.165) is 10.6 Å². The molecule has 2 nitrogen and oxygen atoms in total. The molecule has 0 aromatic heterocycles. The van der Waals surface area contributed by atoms with Gasteiger partial charge < -0.3 is 5.32 Å². The molecule has 0 saturated heterocycles. The number of nitrogens with one attached hydrogen (secondary N) is 1. The van der Waals surface area contributed by atoms with Gasteiger partial charge in [-0.1, -0.05) is 35.3 Å². The van der Waals surface area contributed by atoms with Crippen LogP contribution in [0.4, 0.5) is 5.69 Å². The minimum atomic E-state index is -0.0766. The van der Waals surface area contributed by atoms with Crippen molar-refractivity contribution in [2.45, 2.75) is 4.90 Å². The summed E-state index contributed by atoms with van der Waals surface area (Å²) >= 11 is 13.2. The number of halogens is 2. The van der Waals surface area contributed by atoms with Gasteiger partial charge in [0.05, 0.1) is 10.8 Å². The number of thioether (sulfide) groups is 1. The number of amides is 1. The topological polar surface area (TPSA) is 29.1 Å². The van der Waals surface area contributed by atoms with E-state index in [2.05, 4.69) is 5.32 Å². The highest BCUT2D eigenvalue weighted by atomic mass is 35.5. The first kappa shape index (κ1) is 14.3. The Morgan fingerprint density at radius 3 is 2.42 bits per heavy atom. The number of carbonyl (C=O) groups excluding carboxylic acids is 1. The number of benzene rings is 2. The maximum Gasteiger partial charge on any atom is 0.234 e. The van der Waals surface area contributed by atoms with E-state index in [-0.39, 0.29) is 5.91 Å². The molecule has 1 N–H and O–H groups in total. The molecular weight excluding hydrogens is 301 g/mol. The molecule has 0 saturated carbocycles. The van der Waals surface area contributed by atoms with Crippen LogP contribution in [0.5, 0.6) is 0 Å².